The second-order valence-electron chi connectivity index (χ2n) is 6.18. The maximum atomic E-state index is 13.5. The normalized spacial score (nSPS) is 11.0. The van der Waals surface area contributed by atoms with Crippen molar-refractivity contribution >= 4 is 23.6 Å². The number of aromatic nitrogens is 2. The number of carbonyl (C=O) groups excluding carboxylic acids is 3. The molecular weight excluding hydrogens is 407 g/mol. The van der Waals surface area contributed by atoms with Crippen LogP contribution in [0.5, 0.6) is 0 Å². The number of rotatable bonds is 6. The van der Waals surface area contributed by atoms with Crippen LogP contribution in [0.4, 0.5) is 23.7 Å². The van der Waals surface area contributed by atoms with E-state index in [0.717, 1.165) is 6.20 Å². The second-order valence-corrected chi connectivity index (χ2v) is 6.18. The number of alkyl halides is 3. The highest BCUT2D eigenvalue weighted by molar-refractivity contribution is 5.92. The number of nitrogens with zero attached hydrogens (tertiary/aromatic N) is 3. The van der Waals surface area contributed by atoms with E-state index in [1.807, 2.05) is 0 Å². The first-order chi connectivity index (χ1) is 14.0. The van der Waals surface area contributed by atoms with E-state index in [1.165, 1.54) is 36.1 Å². The third-order valence-electron chi connectivity index (χ3n) is 3.80. The summed E-state index contributed by atoms with van der Waals surface area (Å²) in [7, 11) is 3.08. The summed E-state index contributed by atoms with van der Waals surface area (Å²) in [5.41, 5.74) is -1.66. The fourth-order valence-corrected chi connectivity index (χ4v) is 2.35. The lowest BCUT2D eigenvalue weighted by molar-refractivity contribution is -0.143. The predicted octanol–water partition coefficient (Wildman–Crippen LogP) is 2.28. The maximum absolute atomic E-state index is 13.5. The zero-order chi connectivity index (χ0) is 22.5. The lowest BCUT2D eigenvalue weighted by atomic mass is 10.2. The van der Waals surface area contributed by atoms with Crippen molar-refractivity contribution in [3.63, 3.8) is 0 Å². The molecule has 0 radical (unpaired) electrons. The van der Waals surface area contributed by atoms with Crippen molar-refractivity contribution in [2.24, 2.45) is 0 Å². The number of carbonyl (C=O) groups is 3. The topological polar surface area (TPSA) is 106 Å². The first-order valence-corrected chi connectivity index (χ1v) is 8.72. The van der Waals surface area contributed by atoms with Crippen molar-refractivity contribution < 1.29 is 32.3 Å². The summed E-state index contributed by atoms with van der Waals surface area (Å²) < 4.78 is 45.8. The van der Waals surface area contributed by atoms with Gasteiger partial charge in [0.1, 0.15) is 5.56 Å². The molecule has 2 rings (SSSR count). The number of amides is 3. The van der Waals surface area contributed by atoms with Crippen LogP contribution in [0, 0.1) is 0 Å². The van der Waals surface area contributed by atoms with E-state index in [1.54, 1.807) is 14.1 Å². The molecule has 2 N–H and O–H groups in total. The number of urea groups is 1. The number of anilines is 1. The molecule has 0 unspecified atom stereocenters. The monoisotopic (exact) mass is 427 g/mol. The van der Waals surface area contributed by atoms with Gasteiger partial charge in [-0.3, -0.25) is 4.79 Å². The number of hydrogen-bond donors (Lipinski definition) is 2. The molecule has 9 nitrogen and oxygen atoms in total. The van der Waals surface area contributed by atoms with Gasteiger partial charge in [-0.15, -0.1) is 0 Å². The van der Waals surface area contributed by atoms with Crippen molar-refractivity contribution in [1.29, 1.82) is 0 Å². The van der Waals surface area contributed by atoms with Gasteiger partial charge in [-0.25, -0.2) is 14.3 Å². The highest BCUT2D eigenvalue weighted by atomic mass is 19.4. The van der Waals surface area contributed by atoms with E-state index in [-0.39, 0.29) is 30.4 Å². The van der Waals surface area contributed by atoms with Crippen LogP contribution in [0.2, 0.25) is 0 Å². The number of nitrogens with one attached hydrogen (secondary N) is 2. The van der Waals surface area contributed by atoms with Crippen molar-refractivity contribution in [3.05, 3.63) is 41.7 Å². The Kier molecular flexibility index (Phi) is 7.03. The Morgan fingerprint density at radius 3 is 2.33 bits per heavy atom. The molecule has 1 aromatic heterocycles. The summed E-state index contributed by atoms with van der Waals surface area (Å²) in [6.07, 6.45) is -4.06. The van der Waals surface area contributed by atoms with Gasteiger partial charge < -0.3 is 20.3 Å². The van der Waals surface area contributed by atoms with Crippen LogP contribution < -0.4 is 10.6 Å². The number of likely N-dealkylation sites (N-methyl/N-ethyl adjacent to an activating group) is 1. The minimum atomic E-state index is -4.85. The molecule has 0 bridgehead atoms. The zero-order valence-electron chi connectivity index (χ0n) is 16.4. The minimum absolute atomic E-state index is 0.0200. The SMILES string of the molecule is CCOC(=O)c1cnn(-c2ccc(NC(=O)NCC(=O)N(C)C)cc2)c1C(F)(F)F. The van der Waals surface area contributed by atoms with Crippen LogP contribution in [0.3, 0.4) is 0 Å². The minimum Gasteiger partial charge on any atom is -0.462 e. The van der Waals surface area contributed by atoms with E-state index in [4.69, 9.17) is 0 Å². The largest absolute Gasteiger partial charge is 0.462 e. The van der Waals surface area contributed by atoms with Gasteiger partial charge >= 0.3 is 18.2 Å². The molecular formula is C18H20F3N5O4. The molecule has 30 heavy (non-hydrogen) atoms. The summed E-state index contributed by atoms with van der Waals surface area (Å²) in [6, 6.07) is 4.64. The van der Waals surface area contributed by atoms with Gasteiger partial charge in [0, 0.05) is 19.8 Å². The molecule has 162 valence electrons. The third-order valence-corrected chi connectivity index (χ3v) is 3.80. The highest BCUT2D eigenvalue weighted by Gasteiger charge is 2.41. The molecule has 0 saturated heterocycles. The van der Waals surface area contributed by atoms with Gasteiger partial charge in [0.25, 0.3) is 0 Å². The van der Waals surface area contributed by atoms with Crippen LogP contribution in [0.15, 0.2) is 30.5 Å². The molecule has 0 aliphatic carbocycles. The molecule has 12 heteroatoms. The smallest absolute Gasteiger partial charge is 0.434 e. The fraction of sp³-hybridized carbons (Fsp3) is 0.333. The molecule has 0 spiro atoms. The number of esters is 1. The predicted molar refractivity (Wildman–Crippen MR) is 100 cm³/mol. The van der Waals surface area contributed by atoms with Gasteiger partial charge in [0.05, 0.1) is 25.0 Å². The van der Waals surface area contributed by atoms with Gasteiger partial charge in [-0.2, -0.15) is 18.3 Å². The van der Waals surface area contributed by atoms with Crippen molar-refractivity contribution in [2.45, 2.75) is 13.1 Å². The summed E-state index contributed by atoms with van der Waals surface area (Å²) in [6.45, 7) is 1.19. The van der Waals surface area contributed by atoms with Crippen molar-refractivity contribution in [2.75, 3.05) is 32.6 Å². The second kappa shape index (κ2) is 9.29. The first-order valence-electron chi connectivity index (χ1n) is 8.72. The van der Waals surface area contributed by atoms with E-state index in [9.17, 15) is 27.6 Å². The van der Waals surface area contributed by atoms with Gasteiger partial charge in [-0.05, 0) is 31.2 Å². The number of halogens is 3. The van der Waals surface area contributed by atoms with Gasteiger partial charge in [0.2, 0.25) is 5.91 Å². The molecule has 0 aliphatic rings. The van der Waals surface area contributed by atoms with E-state index >= 15 is 0 Å². The van der Waals surface area contributed by atoms with Crippen LogP contribution >= 0.6 is 0 Å². The van der Waals surface area contributed by atoms with Crippen LogP contribution in [-0.4, -0.2) is 59.8 Å². The molecule has 0 atom stereocenters. The standard InChI is InChI=1S/C18H20F3N5O4/c1-4-30-16(28)13-9-23-26(15(13)18(19,20)21)12-7-5-11(6-8-12)24-17(29)22-10-14(27)25(2)3/h5-9H,4,10H2,1-3H3,(H2,22,24,29). The van der Waals surface area contributed by atoms with Crippen molar-refractivity contribution in [3.8, 4) is 5.69 Å². The highest BCUT2D eigenvalue weighted by Crippen LogP contribution is 2.34. The van der Waals surface area contributed by atoms with Gasteiger partial charge in [0.15, 0.2) is 5.69 Å². The molecule has 0 aliphatic heterocycles. The van der Waals surface area contributed by atoms with Gasteiger partial charge in [-0.1, -0.05) is 0 Å². The Hall–Kier alpha value is -3.57. The quantitative estimate of drug-likeness (QED) is 0.688. The lowest BCUT2D eigenvalue weighted by Gasteiger charge is -2.13. The Morgan fingerprint density at radius 1 is 1.17 bits per heavy atom. The number of benzene rings is 1. The van der Waals surface area contributed by atoms with E-state index in [2.05, 4.69) is 20.5 Å². The third kappa shape index (κ3) is 5.49. The van der Waals surface area contributed by atoms with Crippen LogP contribution in [0.1, 0.15) is 23.0 Å². The summed E-state index contributed by atoms with van der Waals surface area (Å²) in [4.78, 5) is 36.4. The number of ether oxygens (including phenoxy) is 1. The molecule has 1 aromatic carbocycles. The molecule has 0 saturated carbocycles. The van der Waals surface area contributed by atoms with E-state index in [0.29, 0.717) is 4.68 Å². The number of hydrogen-bond acceptors (Lipinski definition) is 5. The molecule has 3 amide bonds. The summed E-state index contributed by atoms with van der Waals surface area (Å²) in [5, 5.41) is 8.48. The zero-order valence-corrected chi connectivity index (χ0v) is 16.4. The summed E-state index contributed by atoms with van der Waals surface area (Å²) >= 11 is 0. The van der Waals surface area contributed by atoms with Crippen LogP contribution in [0.25, 0.3) is 5.69 Å². The van der Waals surface area contributed by atoms with Crippen LogP contribution in [-0.2, 0) is 15.7 Å². The maximum Gasteiger partial charge on any atom is 0.434 e. The Bertz CT molecular complexity index is 923. The first kappa shape index (κ1) is 22.7. The average Bonchev–Trinajstić information content (AvgIpc) is 3.12. The molecule has 1 heterocycles. The fourth-order valence-electron chi connectivity index (χ4n) is 2.35. The Labute approximate surface area is 169 Å². The summed E-state index contributed by atoms with van der Waals surface area (Å²) in [5.74, 6) is -1.44. The Morgan fingerprint density at radius 2 is 1.80 bits per heavy atom. The van der Waals surface area contributed by atoms with Crippen molar-refractivity contribution in [1.82, 2.24) is 20.0 Å². The molecule has 2 aromatic rings. The van der Waals surface area contributed by atoms with E-state index < -0.39 is 29.4 Å². The Balaban J connectivity index is 2.19. The lowest BCUT2D eigenvalue weighted by Crippen LogP contribution is -2.38. The molecule has 0 fully saturated rings. The average molecular weight is 427 g/mol.